The van der Waals surface area contributed by atoms with Crippen molar-refractivity contribution in [2.24, 2.45) is 40.4 Å². The van der Waals surface area contributed by atoms with Crippen LogP contribution in [0.4, 0.5) is 0 Å². The van der Waals surface area contributed by atoms with Gasteiger partial charge in [0.2, 0.25) is 5.78 Å². The van der Waals surface area contributed by atoms with Crippen molar-refractivity contribution >= 4 is 23.5 Å². The van der Waals surface area contributed by atoms with E-state index in [1.165, 1.54) is 13.8 Å². The smallest absolute Gasteiger partial charge is 0.303 e. The van der Waals surface area contributed by atoms with Crippen LogP contribution in [-0.4, -0.2) is 47.1 Å². The Morgan fingerprint density at radius 2 is 1.80 bits per heavy atom. The lowest BCUT2D eigenvalue weighted by Gasteiger charge is -2.61. The van der Waals surface area contributed by atoms with E-state index in [-0.39, 0.29) is 35.4 Å². The topological polar surface area (TPSA) is 116 Å². The fourth-order valence-corrected chi connectivity index (χ4v) is 8.47. The molecule has 4 rings (SSSR count). The van der Waals surface area contributed by atoms with Gasteiger partial charge >= 0.3 is 11.9 Å². The lowest BCUT2D eigenvalue weighted by Crippen LogP contribution is -2.64. The van der Waals surface area contributed by atoms with Gasteiger partial charge < -0.3 is 9.47 Å². The Morgan fingerprint density at radius 3 is 2.40 bits per heavy atom. The molecule has 9 atom stereocenters. The number of rotatable bonds is 5. The number of allylic oxidation sites excluding steroid dienone is 4. The van der Waals surface area contributed by atoms with Crippen LogP contribution in [0.3, 0.4) is 0 Å². The second kappa shape index (κ2) is 8.66. The minimum Gasteiger partial charge on any atom is -0.462 e. The number of fused-ring (bicyclic) bond motifs is 5. The lowest BCUT2D eigenvalue weighted by molar-refractivity contribution is -0.351. The summed E-state index contributed by atoms with van der Waals surface area (Å²) in [5, 5.41) is 10.3. The van der Waals surface area contributed by atoms with Gasteiger partial charge in [-0.15, -0.1) is 0 Å². The molecule has 4 aliphatic rings. The van der Waals surface area contributed by atoms with Crippen molar-refractivity contribution in [3.05, 3.63) is 23.8 Å². The fourth-order valence-electron chi connectivity index (χ4n) is 8.47. The number of ketones is 2. The molecule has 1 N–H and O–H groups in total. The number of carbonyl (C=O) groups is 4. The molecular weight excluding hydrogens is 452 g/mol. The SMILES string of the molecule is CC(=O)OCC(=O)C1(OO)C(C)CC2C3CC(C)C4=CC(=O)C=CC4(C)C3C(OC(C)=O)CC21C. The summed E-state index contributed by atoms with van der Waals surface area (Å²) in [5.41, 5.74) is -1.90. The molecule has 0 aromatic heterocycles. The first-order valence-corrected chi connectivity index (χ1v) is 12.4. The highest BCUT2D eigenvalue weighted by molar-refractivity contribution is 6.01. The molecule has 0 heterocycles. The van der Waals surface area contributed by atoms with Crippen LogP contribution in [0.5, 0.6) is 0 Å². The Balaban J connectivity index is 1.83. The van der Waals surface area contributed by atoms with Crippen molar-refractivity contribution in [1.82, 2.24) is 0 Å². The highest BCUT2D eigenvalue weighted by Crippen LogP contribution is 2.70. The van der Waals surface area contributed by atoms with Gasteiger partial charge in [0.15, 0.2) is 18.0 Å². The molecule has 0 aromatic carbocycles. The van der Waals surface area contributed by atoms with Crippen LogP contribution in [0, 0.1) is 40.4 Å². The summed E-state index contributed by atoms with van der Waals surface area (Å²) in [6.07, 6.45) is 6.40. The Bertz CT molecular complexity index is 1010. The van der Waals surface area contributed by atoms with Gasteiger partial charge in [0.1, 0.15) is 6.10 Å². The van der Waals surface area contributed by atoms with E-state index in [1.807, 2.05) is 19.9 Å². The van der Waals surface area contributed by atoms with Gasteiger partial charge in [-0.2, -0.15) is 0 Å². The molecule has 8 heteroatoms. The van der Waals surface area contributed by atoms with Gasteiger partial charge in [-0.05, 0) is 55.1 Å². The standard InChI is InChI=1S/C27H36O8/c1-14-9-19-21-10-15(2)27(35-32,23(31)13-33-16(3)28)26(21,6)12-22(34-17(4)29)24(19)25(5)8-7-18(30)11-20(14)25/h7-8,11,14-15,19,21-22,24,32H,9-10,12-13H2,1-6H3. The van der Waals surface area contributed by atoms with Crippen LogP contribution in [0.25, 0.3) is 0 Å². The number of ether oxygens (including phenoxy) is 2. The second-order valence-electron chi connectivity index (χ2n) is 11.5. The molecule has 0 bridgehead atoms. The van der Waals surface area contributed by atoms with E-state index in [1.54, 1.807) is 12.2 Å². The first-order valence-electron chi connectivity index (χ1n) is 12.4. The highest BCUT2D eigenvalue weighted by Gasteiger charge is 2.73. The predicted octanol–water partition coefficient (Wildman–Crippen LogP) is 3.69. The molecule has 0 spiro atoms. The maximum atomic E-state index is 13.5. The number of hydrogen-bond acceptors (Lipinski definition) is 8. The van der Waals surface area contributed by atoms with E-state index < -0.39 is 46.9 Å². The van der Waals surface area contributed by atoms with E-state index in [9.17, 15) is 24.4 Å². The van der Waals surface area contributed by atoms with E-state index in [4.69, 9.17) is 14.4 Å². The van der Waals surface area contributed by atoms with Gasteiger partial charge in [-0.25, -0.2) is 4.89 Å². The molecule has 0 saturated heterocycles. The van der Waals surface area contributed by atoms with Crippen LogP contribution in [0.1, 0.15) is 60.8 Å². The summed E-state index contributed by atoms with van der Waals surface area (Å²) < 4.78 is 11.0. The van der Waals surface area contributed by atoms with Crippen LogP contribution in [0.15, 0.2) is 23.8 Å². The van der Waals surface area contributed by atoms with Crippen molar-refractivity contribution in [1.29, 1.82) is 0 Å². The molecule has 0 aliphatic heterocycles. The molecule has 0 radical (unpaired) electrons. The van der Waals surface area contributed by atoms with Crippen molar-refractivity contribution in [3.63, 3.8) is 0 Å². The average molecular weight is 489 g/mol. The summed E-state index contributed by atoms with van der Waals surface area (Å²) in [4.78, 5) is 54.6. The lowest BCUT2D eigenvalue weighted by atomic mass is 9.44. The molecule has 8 nitrogen and oxygen atoms in total. The summed E-state index contributed by atoms with van der Waals surface area (Å²) in [5.74, 6) is -1.85. The van der Waals surface area contributed by atoms with Crippen LogP contribution in [0.2, 0.25) is 0 Å². The van der Waals surface area contributed by atoms with Gasteiger partial charge in [-0.3, -0.25) is 24.4 Å². The monoisotopic (exact) mass is 488 g/mol. The first-order chi connectivity index (χ1) is 16.3. The van der Waals surface area contributed by atoms with E-state index >= 15 is 0 Å². The molecule has 0 amide bonds. The van der Waals surface area contributed by atoms with Crippen LogP contribution >= 0.6 is 0 Å². The van der Waals surface area contributed by atoms with E-state index in [0.717, 1.165) is 12.0 Å². The van der Waals surface area contributed by atoms with Gasteiger partial charge in [0, 0.05) is 30.6 Å². The highest BCUT2D eigenvalue weighted by atomic mass is 17.1. The number of carbonyl (C=O) groups excluding carboxylic acids is 4. The van der Waals surface area contributed by atoms with Crippen molar-refractivity contribution < 1.29 is 38.8 Å². The van der Waals surface area contributed by atoms with Gasteiger partial charge in [0.25, 0.3) is 0 Å². The number of Topliss-reactive ketones (excluding diaryl/α,β-unsaturated/α-hetero) is 1. The Hall–Kier alpha value is -2.32. The van der Waals surface area contributed by atoms with Gasteiger partial charge in [0.05, 0.1) is 0 Å². The Labute approximate surface area is 206 Å². The zero-order chi connectivity index (χ0) is 25.9. The molecule has 192 valence electrons. The fraction of sp³-hybridized carbons (Fsp3) is 0.704. The summed E-state index contributed by atoms with van der Waals surface area (Å²) in [7, 11) is 0. The van der Waals surface area contributed by atoms with Crippen molar-refractivity contribution in [2.45, 2.75) is 72.5 Å². The second-order valence-corrected chi connectivity index (χ2v) is 11.5. The van der Waals surface area contributed by atoms with Gasteiger partial charge in [-0.1, -0.05) is 39.3 Å². The largest absolute Gasteiger partial charge is 0.462 e. The third-order valence-corrected chi connectivity index (χ3v) is 9.62. The minimum absolute atomic E-state index is 0.0189. The minimum atomic E-state index is -1.60. The summed E-state index contributed by atoms with van der Waals surface area (Å²) >= 11 is 0. The summed E-state index contributed by atoms with van der Waals surface area (Å²) in [6.45, 7) is 10.1. The Morgan fingerprint density at radius 1 is 1.11 bits per heavy atom. The molecule has 3 fully saturated rings. The number of hydrogen-bond donors (Lipinski definition) is 1. The number of esters is 2. The maximum Gasteiger partial charge on any atom is 0.303 e. The molecule has 4 aliphatic carbocycles. The zero-order valence-electron chi connectivity index (χ0n) is 21.3. The third kappa shape index (κ3) is 3.63. The van der Waals surface area contributed by atoms with Crippen molar-refractivity contribution in [3.8, 4) is 0 Å². The van der Waals surface area contributed by atoms with Crippen LogP contribution in [-0.2, 0) is 33.5 Å². The molecule has 35 heavy (non-hydrogen) atoms. The summed E-state index contributed by atoms with van der Waals surface area (Å²) in [6, 6.07) is 0. The third-order valence-electron chi connectivity index (χ3n) is 9.62. The molecular formula is C27H36O8. The first kappa shape index (κ1) is 25.8. The molecule has 9 unspecified atom stereocenters. The quantitative estimate of drug-likeness (QED) is 0.354. The molecule has 0 aromatic rings. The zero-order valence-corrected chi connectivity index (χ0v) is 21.3. The van der Waals surface area contributed by atoms with E-state index in [0.29, 0.717) is 12.8 Å². The average Bonchev–Trinajstić information content (AvgIpc) is 2.99. The van der Waals surface area contributed by atoms with Crippen LogP contribution < -0.4 is 0 Å². The normalized spacial score (nSPS) is 44.0. The van der Waals surface area contributed by atoms with Crippen molar-refractivity contribution in [2.75, 3.05) is 6.61 Å². The Kier molecular flexibility index (Phi) is 6.37. The maximum absolute atomic E-state index is 13.5. The molecule has 3 saturated carbocycles. The van der Waals surface area contributed by atoms with E-state index in [2.05, 4.69) is 13.8 Å². The predicted molar refractivity (Wildman–Crippen MR) is 125 cm³/mol.